The van der Waals surface area contributed by atoms with E-state index in [0.29, 0.717) is 22.2 Å². The van der Waals surface area contributed by atoms with E-state index in [2.05, 4.69) is 5.32 Å². The molecule has 1 aromatic carbocycles. The van der Waals surface area contributed by atoms with Gasteiger partial charge in [0.25, 0.3) is 0 Å². The lowest BCUT2D eigenvalue weighted by molar-refractivity contribution is -0.138. The van der Waals surface area contributed by atoms with Crippen molar-refractivity contribution in [1.82, 2.24) is 5.32 Å². The standard InChI is InChI=1S/C14H15Cl2NO3/c1-9(6-14(19)20)8-17-13(18)5-3-10-2-4-11(15)7-12(10)16/h2-5,7,9H,6,8H2,1H3,(H,17,18)(H,19,20)/b5-3+. The van der Waals surface area contributed by atoms with Crippen LogP contribution in [0.15, 0.2) is 24.3 Å². The number of rotatable bonds is 6. The van der Waals surface area contributed by atoms with E-state index in [9.17, 15) is 9.59 Å². The van der Waals surface area contributed by atoms with Crippen LogP contribution in [0.4, 0.5) is 0 Å². The molecule has 1 atom stereocenters. The molecular weight excluding hydrogens is 301 g/mol. The lowest BCUT2D eigenvalue weighted by Crippen LogP contribution is -2.27. The van der Waals surface area contributed by atoms with Crippen molar-refractivity contribution in [3.8, 4) is 0 Å². The molecule has 0 saturated carbocycles. The van der Waals surface area contributed by atoms with Crippen LogP contribution in [-0.4, -0.2) is 23.5 Å². The normalized spacial score (nSPS) is 12.3. The minimum Gasteiger partial charge on any atom is -0.481 e. The lowest BCUT2D eigenvalue weighted by atomic mass is 10.1. The number of amides is 1. The monoisotopic (exact) mass is 315 g/mol. The fraction of sp³-hybridized carbons (Fsp3) is 0.286. The van der Waals surface area contributed by atoms with Gasteiger partial charge in [-0.2, -0.15) is 0 Å². The van der Waals surface area contributed by atoms with E-state index < -0.39 is 5.97 Å². The summed E-state index contributed by atoms with van der Waals surface area (Å²) in [4.78, 5) is 22.0. The third-order valence-electron chi connectivity index (χ3n) is 2.52. The first-order chi connectivity index (χ1) is 9.38. The summed E-state index contributed by atoms with van der Waals surface area (Å²) in [6.45, 7) is 2.07. The fourth-order valence-corrected chi connectivity index (χ4v) is 1.98. The highest BCUT2D eigenvalue weighted by Gasteiger charge is 2.08. The predicted octanol–water partition coefficient (Wildman–Crippen LogP) is 3.23. The summed E-state index contributed by atoms with van der Waals surface area (Å²) in [6, 6.07) is 4.98. The van der Waals surface area contributed by atoms with Gasteiger partial charge < -0.3 is 10.4 Å². The van der Waals surface area contributed by atoms with Crippen LogP contribution in [0.25, 0.3) is 6.08 Å². The van der Waals surface area contributed by atoms with Crippen molar-refractivity contribution >= 4 is 41.2 Å². The van der Waals surface area contributed by atoms with Gasteiger partial charge in [0.1, 0.15) is 0 Å². The lowest BCUT2D eigenvalue weighted by Gasteiger charge is -2.08. The summed E-state index contributed by atoms with van der Waals surface area (Å²) in [7, 11) is 0. The summed E-state index contributed by atoms with van der Waals surface area (Å²) in [5, 5.41) is 12.2. The second-order valence-electron chi connectivity index (χ2n) is 4.45. The number of nitrogens with one attached hydrogen (secondary N) is 1. The number of carbonyl (C=O) groups excluding carboxylic acids is 1. The van der Waals surface area contributed by atoms with Crippen LogP contribution in [0, 0.1) is 5.92 Å². The van der Waals surface area contributed by atoms with Crippen LogP contribution in [0.3, 0.4) is 0 Å². The van der Waals surface area contributed by atoms with E-state index in [1.807, 2.05) is 0 Å². The Kier molecular flexibility index (Phi) is 6.55. The second-order valence-corrected chi connectivity index (χ2v) is 5.29. The van der Waals surface area contributed by atoms with Crippen LogP contribution in [0.5, 0.6) is 0 Å². The molecule has 1 unspecified atom stereocenters. The molecule has 6 heteroatoms. The molecule has 0 radical (unpaired) electrons. The smallest absolute Gasteiger partial charge is 0.303 e. The first-order valence-electron chi connectivity index (χ1n) is 6.01. The zero-order valence-corrected chi connectivity index (χ0v) is 12.4. The molecule has 0 fully saturated rings. The topological polar surface area (TPSA) is 66.4 Å². The van der Waals surface area contributed by atoms with Gasteiger partial charge in [0.2, 0.25) is 5.91 Å². The first kappa shape index (κ1) is 16.5. The fourth-order valence-electron chi connectivity index (χ4n) is 1.51. The molecule has 1 aromatic rings. The average molecular weight is 316 g/mol. The number of hydrogen-bond acceptors (Lipinski definition) is 2. The molecule has 0 saturated heterocycles. The Balaban J connectivity index is 2.49. The summed E-state index contributed by atoms with van der Waals surface area (Å²) in [5.41, 5.74) is 0.685. The number of benzene rings is 1. The molecule has 108 valence electrons. The Morgan fingerprint density at radius 2 is 2.10 bits per heavy atom. The second kappa shape index (κ2) is 7.92. The third-order valence-corrected chi connectivity index (χ3v) is 3.09. The van der Waals surface area contributed by atoms with Crippen LogP contribution < -0.4 is 5.32 Å². The van der Waals surface area contributed by atoms with Gasteiger partial charge in [0, 0.05) is 29.1 Å². The largest absolute Gasteiger partial charge is 0.481 e. The summed E-state index contributed by atoms with van der Waals surface area (Å²) in [5.74, 6) is -1.30. The Bertz CT molecular complexity index is 529. The number of hydrogen-bond donors (Lipinski definition) is 2. The number of carboxylic acids is 1. The molecule has 0 aliphatic rings. The van der Waals surface area contributed by atoms with Gasteiger partial charge in [-0.15, -0.1) is 0 Å². The van der Waals surface area contributed by atoms with E-state index in [1.54, 1.807) is 31.2 Å². The van der Waals surface area contributed by atoms with Crippen LogP contribution >= 0.6 is 23.2 Å². The van der Waals surface area contributed by atoms with Gasteiger partial charge in [0.05, 0.1) is 0 Å². The molecule has 1 rings (SSSR count). The number of carbonyl (C=O) groups is 2. The quantitative estimate of drug-likeness (QED) is 0.792. The summed E-state index contributed by atoms with van der Waals surface area (Å²) in [6.07, 6.45) is 2.95. The first-order valence-corrected chi connectivity index (χ1v) is 6.77. The minimum atomic E-state index is -0.879. The van der Waals surface area contributed by atoms with Gasteiger partial charge in [-0.25, -0.2) is 0 Å². The number of halogens is 2. The maximum atomic E-state index is 11.6. The van der Waals surface area contributed by atoms with Crippen molar-refractivity contribution in [3.05, 3.63) is 39.9 Å². The molecule has 20 heavy (non-hydrogen) atoms. The van der Waals surface area contributed by atoms with Gasteiger partial charge in [-0.1, -0.05) is 36.2 Å². The predicted molar refractivity (Wildman–Crippen MR) is 79.9 cm³/mol. The van der Waals surface area contributed by atoms with Crippen molar-refractivity contribution in [2.75, 3.05) is 6.54 Å². The molecular formula is C14H15Cl2NO3. The number of aliphatic carboxylic acids is 1. The summed E-state index contributed by atoms with van der Waals surface area (Å²) >= 11 is 11.7. The van der Waals surface area contributed by atoms with Crippen LogP contribution in [0.2, 0.25) is 10.0 Å². The van der Waals surface area contributed by atoms with E-state index in [4.69, 9.17) is 28.3 Å². The molecule has 0 bridgehead atoms. The molecule has 0 aromatic heterocycles. The zero-order valence-electron chi connectivity index (χ0n) is 10.9. The van der Waals surface area contributed by atoms with Crippen molar-refractivity contribution in [2.45, 2.75) is 13.3 Å². The third kappa shape index (κ3) is 6.08. The van der Waals surface area contributed by atoms with Crippen molar-refractivity contribution in [3.63, 3.8) is 0 Å². The van der Waals surface area contributed by atoms with E-state index >= 15 is 0 Å². The maximum absolute atomic E-state index is 11.6. The van der Waals surface area contributed by atoms with Crippen molar-refractivity contribution < 1.29 is 14.7 Å². The van der Waals surface area contributed by atoms with Gasteiger partial charge in [0.15, 0.2) is 0 Å². The average Bonchev–Trinajstić information content (AvgIpc) is 2.34. The summed E-state index contributed by atoms with van der Waals surface area (Å²) < 4.78 is 0. The SMILES string of the molecule is CC(CNC(=O)/C=C/c1ccc(Cl)cc1Cl)CC(=O)O. The highest BCUT2D eigenvalue weighted by atomic mass is 35.5. The van der Waals surface area contributed by atoms with Crippen molar-refractivity contribution in [1.29, 1.82) is 0 Å². The van der Waals surface area contributed by atoms with E-state index in [-0.39, 0.29) is 18.2 Å². The molecule has 1 amide bonds. The maximum Gasteiger partial charge on any atom is 0.303 e. The van der Waals surface area contributed by atoms with E-state index in [1.165, 1.54) is 6.08 Å². The highest BCUT2D eigenvalue weighted by molar-refractivity contribution is 6.35. The minimum absolute atomic E-state index is 0.0208. The Morgan fingerprint density at radius 1 is 1.40 bits per heavy atom. The Morgan fingerprint density at radius 3 is 2.70 bits per heavy atom. The molecule has 4 nitrogen and oxygen atoms in total. The molecule has 2 N–H and O–H groups in total. The van der Waals surface area contributed by atoms with Crippen LogP contribution in [-0.2, 0) is 9.59 Å². The molecule has 0 spiro atoms. The Hall–Kier alpha value is -1.52. The van der Waals surface area contributed by atoms with Crippen LogP contribution in [0.1, 0.15) is 18.9 Å². The zero-order chi connectivity index (χ0) is 15.1. The molecule has 0 aliphatic heterocycles. The van der Waals surface area contributed by atoms with Crippen molar-refractivity contribution in [2.24, 2.45) is 5.92 Å². The van der Waals surface area contributed by atoms with Gasteiger partial charge in [-0.05, 0) is 29.7 Å². The van der Waals surface area contributed by atoms with E-state index in [0.717, 1.165) is 0 Å². The molecule has 0 heterocycles. The van der Waals surface area contributed by atoms with Gasteiger partial charge in [-0.3, -0.25) is 9.59 Å². The number of carboxylic acid groups (broad SMARTS) is 1. The Labute approximate surface area is 127 Å². The highest BCUT2D eigenvalue weighted by Crippen LogP contribution is 2.21. The molecule has 0 aliphatic carbocycles. The van der Waals surface area contributed by atoms with Gasteiger partial charge >= 0.3 is 5.97 Å².